The van der Waals surface area contributed by atoms with Gasteiger partial charge in [-0.2, -0.15) is 0 Å². The summed E-state index contributed by atoms with van der Waals surface area (Å²) in [4.78, 5) is 24.9. The third kappa shape index (κ3) is 2.01. The zero-order valence-electron chi connectivity index (χ0n) is 10.0. The van der Waals surface area contributed by atoms with Crippen LogP contribution in [0.25, 0.3) is 0 Å². The predicted octanol–water partition coefficient (Wildman–Crippen LogP) is -0.408. The van der Waals surface area contributed by atoms with Gasteiger partial charge in [0, 0.05) is 17.8 Å². The van der Waals surface area contributed by atoms with Crippen molar-refractivity contribution >= 4 is 0 Å². The molecule has 1 aliphatic rings. The van der Waals surface area contributed by atoms with Crippen LogP contribution in [0.3, 0.4) is 0 Å². The molecule has 0 radical (unpaired) electrons. The number of nitrogens with one attached hydrogen (secondary N) is 1. The Bertz CT molecular complexity index is 697. The monoisotopic (exact) mass is 266 g/mol. The first-order valence-electron chi connectivity index (χ1n) is 5.40. The molecule has 0 aromatic carbocycles. The highest BCUT2D eigenvalue weighted by atomic mass is 19.1. The average molecular weight is 266 g/mol. The third-order valence-electron chi connectivity index (χ3n) is 2.87. The lowest BCUT2D eigenvalue weighted by molar-refractivity contribution is -0.0616. The van der Waals surface area contributed by atoms with E-state index >= 15 is 0 Å². The molecular formula is C12H11FN2O4. The van der Waals surface area contributed by atoms with Crippen LogP contribution in [0.15, 0.2) is 27.7 Å². The van der Waals surface area contributed by atoms with Gasteiger partial charge in [-0.25, -0.2) is 9.18 Å². The minimum atomic E-state index is -1.88. The van der Waals surface area contributed by atoms with Crippen LogP contribution in [0.1, 0.15) is 11.8 Å². The van der Waals surface area contributed by atoms with E-state index in [1.807, 2.05) is 5.92 Å². The van der Waals surface area contributed by atoms with Crippen LogP contribution in [-0.4, -0.2) is 26.9 Å². The van der Waals surface area contributed by atoms with Gasteiger partial charge in [0.15, 0.2) is 6.23 Å². The minimum Gasteiger partial charge on any atom is -0.392 e. The fourth-order valence-corrected chi connectivity index (χ4v) is 1.73. The summed E-state index contributed by atoms with van der Waals surface area (Å²) in [7, 11) is 0. The fourth-order valence-electron chi connectivity index (χ4n) is 1.73. The van der Waals surface area contributed by atoms with Gasteiger partial charge in [-0.3, -0.25) is 14.3 Å². The zero-order valence-corrected chi connectivity index (χ0v) is 10.0. The molecule has 2 heterocycles. The van der Waals surface area contributed by atoms with Gasteiger partial charge in [-0.05, 0) is 6.92 Å². The lowest BCUT2D eigenvalue weighted by atomic mass is 10.1. The Balaban J connectivity index is 2.48. The maximum absolute atomic E-state index is 13.7. The summed E-state index contributed by atoms with van der Waals surface area (Å²) >= 11 is 0. The van der Waals surface area contributed by atoms with Gasteiger partial charge in [0.2, 0.25) is 5.60 Å². The third-order valence-corrected chi connectivity index (χ3v) is 2.87. The van der Waals surface area contributed by atoms with Crippen molar-refractivity contribution in [2.45, 2.75) is 18.8 Å². The van der Waals surface area contributed by atoms with Crippen molar-refractivity contribution in [2.75, 3.05) is 6.61 Å². The fraction of sp³-hybridized carbons (Fsp3) is 0.333. The second-order valence-corrected chi connectivity index (χ2v) is 4.13. The number of hydrogen-bond acceptors (Lipinski definition) is 4. The summed E-state index contributed by atoms with van der Waals surface area (Å²) in [5.74, 6) is 1.17. The summed E-state index contributed by atoms with van der Waals surface area (Å²) in [6, 6.07) is 0. The van der Waals surface area contributed by atoms with Gasteiger partial charge in [0.1, 0.15) is 5.83 Å². The molecule has 0 fully saturated rings. The number of rotatable bonds is 2. The lowest BCUT2D eigenvalue weighted by Gasteiger charge is -2.22. The van der Waals surface area contributed by atoms with E-state index in [0.717, 1.165) is 10.6 Å². The van der Waals surface area contributed by atoms with Crippen LogP contribution in [0, 0.1) is 19.3 Å². The Morgan fingerprint density at radius 1 is 1.68 bits per heavy atom. The van der Waals surface area contributed by atoms with Gasteiger partial charge in [-0.15, -0.1) is 6.42 Å². The average Bonchev–Trinajstić information content (AvgIpc) is 2.71. The molecule has 0 spiro atoms. The number of ether oxygens (including phenoxy) is 1. The molecule has 2 rings (SSSR count). The summed E-state index contributed by atoms with van der Waals surface area (Å²) in [6.07, 6.45) is 6.24. The van der Waals surface area contributed by atoms with E-state index in [9.17, 15) is 14.0 Å². The number of H-pyrrole nitrogens is 1. The minimum absolute atomic E-state index is 0.263. The van der Waals surface area contributed by atoms with Crippen LogP contribution >= 0.6 is 0 Å². The number of aryl methyl sites for hydroxylation is 1. The number of terminal acetylenes is 1. The van der Waals surface area contributed by atoms with E-state index < -0.39 is 35.5 Å². The summed E-state index contributed by atoms with van der Waals surface area (Å²) < 4.78 is 19.9. The summed E-state index contributed by atoms with van der Waals surface area (Å²) in [5.41, 5.74) is -2.91. The number of aromatic amines is 1. The molecule has 0 saturated heterocycles. The van der Waals surface area contributed by atoms with Crippen molar-refractivity contribution in [1.82, 2.24) is 9.55 Å². The smallest absolute Gasteiger partial charge is 0.330 e. The normalized spacial score (nSPS) is 26.0. The summed E-state index contributed by atoms with van der Waals surface area (Å²) in [5, 5.41) is 9.13. The second kappa shape index (κ2) is 4.50. The number of aliphatic hydroxyl groups excluding tert-OH is 1. The van der Waals surface area contributed by atoms with E-state index in [4.69, 9.17) is 16.3 Å². The van der Waals surface area contributed by atoms with Crippen molar-refractivity contribution in [3.63, 3.8) is 0 Å². The number of nitrogens with zero attached hydrogens (tertiary/aromatic N) is 1. The van der Waals surface area contributed by atoms with Crippen molar-refractivity contribution in [2.24, 2.45) is 0 Å². The van der Waals surface area contributed by atoms with E-state index in [1.165, 1.54) is 13.1 Å². The van der Waals surface area contributed by atoms with Crippen LogP contribution in [0.4, 0.5) is 4.39 Å². The molecule has 0 unspecified atom stereocenters. The van der Waals surface area contributed by atoms with Gasteiger partial charge >= 0.3 is 5.69 Å². The van der Waals surface area contributed by atoms with E-state index in [2.05, 4.69) is 4.98 Å². The molecule has 1 aliphatic heterocycles. The number of aromatic nitrogens is 2. The Kier molecular flexibility index (Phi) is 3.14. The molecule has 6 nitrogen and oxygen atoms in total. The molecule has 0 aliphatic carbocycles. The van der Waals surface area contributed by atoms with Crippen LogP contribution in [0.5, 0.6) is 0 Å². The molecule has 19 heavy (non-hydrogen) atoms. The number of halogens is 1. The largest absolute Gasteiger partial charge is 0.392 e. The molecule has 1 aromatic heterocycles. The Labute approximate surface area is 107 Å². The van der Waals surface area contributed by atoms with E-state index in [0.29, 0.717) is 0 Å². The summed E-state index contributed by atoms with van der Waals surface area (Å²) in [6.45, 7) is 0.740. The topological polar surface area (TPSA) is 84.3 Å². The van der Waals surface area contributed by atoms with Crippen LogP contribution in [0.2, 0.25) is 0 Å². The van der Waals surface area contributed by atoms with Crippen molar-refractivity contribution in [1.29, 1.82) is 0 Å². The lowest BCUT2D eigenvalue weighted by Crippen LogP contribution is -2.37. The number of aliphatic hydroxyl groups is 1. The first-order chi connectivity index (χ1) is 8.93. The van der Waals surface area contributed by atoms with Gasteiger partial charge in [0.25, 0.3) is 5.56 Å². The Morgan fingerprint density at radius 2 is 2.37 bits per heavy atom. The SMILES string of the molecule is C#C[C@@]1(CO)O[C@H](n2cc(C)c(=O)[nH]c2=O)C=C1F. The van der Waals surface area contributed by atoms with Gasteiger partial charge in [0.05, 0.1) is 6.61 Å². The maximum Gasteiger partial charge on any atom is 0.330 e. The predicted molar refractivity (Wildman–Crippen MR) is 64.0 cm³/mol. The molecule has 2 atom stereocenters. The second-order valence-electron chi connectivity index (χ2n) is 4.13. The molecule has 7 heteroatoms. The molecule has 100 valence electrons. The van der Waals surface area contributed by atoms with Crippen LogP contribution in [-0.2, 0) is 4.74 Å². The van der Waals surface area contributed by atoms with Gasteiger partial charge in [-0.1, -0.05) is 5.92 Å². The van der Waals surface area contributed by atoms with E-state index in [-0.39, 0.29) is 5.56 Å². The number of hydrogen-bond donors (Lipinski definition) is 2. The molecule has 0 amide bonds. The highest BCUT2D eigenvalue weighted by Crippen LogP contribution is 2.35. The molecule has 1 aromatic rings. The Morgan fingerprint density at radius 3 is 2.89 bits per heavy atom. The molecule has 0 saturated carbocycles. The quantitative estimate of drug-likeness (QED) is 0.713. The molecule has 2 N–H and O–H groups in total. The van der Waals surface area contributed by atoms with Gasteiger partial charge < -0.3 is 9.84 Å². The highest BCUT2D eigenvalue weighted by Gasteiger charge is 2.42. The van der Waals surface area contributed by atoms with Crippen molar-refractivity contribution in [3.05, 3.63) is 44.5 Å². The molecule has 0 bridgehead atoms. The van der Waals surface area contributed by atoms with Crippen LogP contribution < -0.4 is 11.2 Å². The van der Waals surface area contributed by atoms with Crippen molar-refractivity contribution < 1.29 is 14.2 Å². The first-order valence-corrected chi connectivity index (χ1v) is 5.40. The Hall–Kier alpha value is -2.17. The van der Waals surface area contributed by atoms with E-state index in [1.54, 1.807) is 0 Å². The standard InChI is InChI=1S/C12H11FN2O4/c1-3-12(6-16)8(13)4-9(19-12)15-5-7(2)10(17)14-11(15)18/h1,4-5,9,16H,6H2,2H3,(H,14,17,18)/t9-,12-/m0/s1. The van der Waals surface area contributed by atoms with Crippen molar-refractivity contribution in [3.8, 4) is 12.3 Å². The zero-order chi connectivity index (χ0) is 14.2. The highest BCUT2D eigenvalue weighted by molar-refractivity contribution is 5.30. The maximum atomic E-state index is 13.7. The molecular weight excluding hydrogens is 255 g/mol. The first kappa shape index (κ1) is 13.3.